The molecule has 0 heterocycles. The van der Waals surface area contributed by atoms with E-state index in [0.29, 0.717) is 6.42 Å². The van der Waals surface area contributed by atoms with Crippen LogP contribution in [0, 0.1) is 0 Å². The number of esters is 1. The Balaban J connectivity index is 2.64. The number of benzene rings is 1. The molecule has 2 nitrogen and oxygen atoms in total. The van der Waals surface area contributed by atoms with Crippen molar-refractivity contribution in [3.8, 4) is 0 Å². The number of carbonyl (C=O) groups excluding carboxylic acids is 1. The SMILES string of the molecule is CCCC(=O)O[C@@H](CCC)c1ccccc1. The van der Waals surface area contributed by atoms with Crippen molar-refractivity contribution >= 4 is 5.97 Å². The van der Waals surface area contributed by atoms with Crippen LogP contribution in [0.15, 0.2) is 30.3 Å². The van der Waals surface area contributed by atoms with Crippen LogP contribution in [0.25, 0.3) is 0 Å². The van der Waals surface area contributed by atoms with Gasteiger partial charge in [0.15, 0.2) is 0 Å². The Morgan fingerprint density at radius 3 is 2.44 bits per heavy atom. The van der Waals surface area contributed by atoms with Gasteiger partial charge in [-0.2, -0.15) is 0 Å². The summed E-state index contributed by atoms with van der Waals surface area (Å²) in [6.07, 6.45) is 3.17. The molecule has 2 heteroatoms. The van der Waals surface area contributed by atoms with Gasteiger partial charge in [-0.15, -0.1) is 0 Å². The summed E-state index contributed by atoms with van der Waals surface area (Å²) in [7, 11) is 0. The lowest BCUT2D eigenvalue weighted by Gasteiger charge is -2.17. The summed E-state index contributed by atoms with van der Waals surface area (Å²) in [5.74, 6) is -0.0928. The summed E-state index contributed by atoms with van der Waals surface area (Å²) in [6, 6.07) is 9.96. The average molecular weight is 220 g/mol. The van der Waals surface area contributed by atoms with Gasteiger partial charge in [0.1, 0.15) is 6.10 Å². The maximum atomic E-state index is 11.5. The van der Waals surface area contributed by atoms with E-state index in [1.807, 2.05) is 37.3 Å². The summed E-state index contributed by atoms with van der Waals surface area (Å²) >= 11 is 0. The molecule has 1 aromatic rings. The van der Waals surface area contributed by atoms with Gasteiger partial charge in [0, 0.05) is 6.42 Å². The Hall–Kier alpha value is -1.31. The Morgan fingerprint density at radius 2 is 1.88 bits per heavy atom. The standard InChI is InChI=1S/C14H20O2/c1-3-8-13(16-14(15)9-4-2)12-10-6-5-7-11-12/h5-7,10-11,13H,3-4,8-9H2,1-2H3/t13-/m0/s1. The fraction of sp³-hybridized carbons (Fsp3) is 0.500. The largest absolute Gasteiger partial charge is 0.457 e. The third-order valence-electron chi connectivity index (χ3n) is 2.45. The molecule has 0 N–H and O–H groups in total. The topological polar surface area (TPSA) is 26.3 Å². The van der Waals surface area contributed by atoms with Gasteiger partial charge in [-0.25, -0.2) is 0 Å². The Morgan fingerprint density at radius 1 is 1.19 bits per heavy atom. The third-order valence-corrected chi connectivity index (χ3v) is 2.45. The molecule has 0 saturated carbocycles. The van der Waals surface area contributed by atoms with E-state index >= 15 is 0 Å². The van der Waals surface area contributed by atoms with E-state index in [1.165, 1.54) is 0 Å². The lowest BCUT2D eigenvalue weighted by atomic mass is 10.1. The molecule has 0 spiro atoms. The van der Waals surface area contributed by atoms with E-state index in [-0.39, 0.29) is 12.1 Å². The maximum Gasteiger partial charge on any atom is 0.306 e. The minimum atomic E-state index is -0.0928. The summed E-state index contributed by atoms with van der Waals surface area (Å²) in [4.78, 5) is 11.5. The summed E-state index contributed by atoms with van der Waals surface area (Å²) in [5, 5.41) is 0. The van der Waals surface area contributed by atoms with E-state index in [4.69, 9.17) is 4.74 Å². The first-order valence-electron chi connectivity index (χ1n) is 6.02. The Bertz CT molecular complexity index is 306. The van der Waals surface area contributed by atoms with Gasteiger partial charge in [0.2, 0.25) is 0 Å². The monoisotopic (exact) mass is 220 g/mol. The number of carbonyl (C=O) groups is 1. The van der Waals surface area contributed by atoms with Crippen LogP contribution in [0.4, 0.5) is 0 Å². The molecule has 16 heavy (non-hydrogen) atoms. The Labute approximate surface area is 97.6 Å². The molecule has 0 aromatic heterocycles. The van der Waals surface area contributed by atoms with Crippen LogP contribution in [0.3, 0.4) is 0 Å². The molecule has 0 unspecified atom stereocenters. The van der Waals surface area contributed by atoms with Gasteiger partial charge in [0.25, 0.3) is 0 Å². The van der Waals surface area contributed by atoms with Gasteiger partial charge >= 0.3 is 5.97 Å². The quantitative estimate of drug-likeness (QED) is 0.680. The second-order valence-electron chi connectivity index (χ2n) is 3.93. The molecule has 0 aliphatic heterocycles. The van der Waals surface area contributed by atoms with Crippen molar-refractivity contribution in [2.75, 3.05) is 0 Å². The zero-order chi connectivity index (χ0) is 11.8. The predicted molar refractivity (Wildman–Crippen MR) is 65.1 cm³/mol. The molecule has 0 aliphatic carbocycles. The first-order valence-corrected chi connectivity index (χ1v) is 6.02. The normalized spacial score (nSPS) is 12.1. The second kappa shape index (κ2) is 7.04. The van der Waals surface area contributed by atoms with Crippen molar-refractivity contribution < 1.29 is 9.53 Å². The highest BCUT2D eigenvalue weighted by atomic mass is 16.5. The molecule has 1 rings (SSSR count). The van der Waals surface area contributed by atoms with Crippen LogP contribution in [0.1, 0.15) is 51.2 Å². The summed E-state index contributed by atoms with van der Waals surface area (Å²) in [6.45, 7) is 4.09. The average Bonchev–Trinajstić information content (AvgIpc) is 2.30. The highest BCUT2D eigenvalue weighted by Gasteiger charge is 2.14. The molecule has 0 saturated heterocycles. The first kappa shape index (κ1) is 12.8. The highest BCUT2D eigenvalue weighted by molar-refractivity contribution is 5.69. The molecule has 1 aromatic carbocycles. The van der Waals surface area contributed by atoms with Gasteiger partial charge in [0.05, 0.1) is 0 Å². The van der Waals surface area contributed by atoms with Crippen molar-refractivity contribution in [3.05, 3.63) is 35.9 Å². The zero-order valence-corrected chi connectivity index (χ0v) is 10.1. The van der Waals surface area contributed by atoms with Crippen LogP contribution >= 0.6 is 0 Å². The van der Waals surface area contributed by atoms with Gasteiger partial charge < -0.3 is 4.74 Å². The van der Waals surface area contributed by atoms with E-state index < -0.39 is 0 Å². The number of rotatable bonds is 6. The molecular formula is C14H20O2. The van der Waals surface area contributed by atoms with Crippen molar-refractivity contribution in [1.29, 1.82) is 0 Å². The summed E-state index contributed by atoms with van der Waals surface area (Å²) < 4.78 is 5.48. The predicted octanol–water partition coefficient (Wildman–Crippen LogP) is 3.87. The van der Waals surface area contributed by atoms with Crippen LogP contribution in [0.2, 0.25) is 0 Å². The molecule has 1 atom stereocenters. The maximum absolute atomic E-state index is 11.5. The van der Waals surface area contributed by atoms with Gasteiger partial charge in [-0.05, 0) is 18.4 Å². The lowest BCUT2D eigenvalue weighted by molar-refractivity contribution is -0.149. The highest BCUT2D eigenvalue weighted by Crippen LogP contribution is 2.23. The third kappa shape index (κ3) is 4.05. The fourth-order valence-corrected chi connectivity index (χ4v) is 1.65. The molecular weight excluding hydrogens is 200 g/mol. The number of ether oxygens (including phenoxy) is 1. The molecule has 88 valence electrons. The van der Waals surface area contributed by atoms with E-state index in [0.717, 1.165) is 24.8 Å². The zero-order valence-electron chi connectivity index (χ0n) is 10.1. The molecule has 0 aliphatic rings. The van der Waals surface area contributed by atoms with Crippen LogP contribution in [-0.2, 0) is 9.53 Å². The smallest absolute Gasteiger partial charge is 0.306 e. The van der Waals surface area contributed by atoms with Gasteiger partial charge in [-0.3, -0.25) is 4.79 Å². The minimum Gasteiger partial charge on any atom is -0.457 e. The minimum absolute atomic E-state index is 0.0785. The van der Waals surface area contributed by atoms with Crippen LogP contribution < -0.4 is 0 Å². The van der Waals surface area contributed by atoms with Gasteiger partial charge in [-0.1, -0.05) is 50.6 Å². The molecule has 0 fully saturated rings. The van der Waals surface area contributed by atoms with E-state index in [9.17, 15) is 4.79 Å². The number of hydrogen-bond acceptors (Lipinski definition) is 2. The van der Waals surface area contributed by atoms with Crippen molar-refractivity contribution in [2.24, 2.45) is 0 Å². The lowest BCUT2D eigenvalue weighted by Crippen LogP contribution is -2.10. The molecule has 0 bridgehead atoms. The van der Waals surface area contributed by atoms with Crippen LogP contribution in [-0.4, -0.2) is 5.97 Å². The van der Waals surface area contributed by atoms with Crippen molar-refractivity contribution in [2.45, 2.75) is 45.6 Å². The molecule has 0 radical (unpaired) electrons. The van der Waals surface area contributed by atoms with Crippen LogP contribution in [0.5, 0.6) is 0 Å². The Kier molecular flexibility index (Phi) is 5.62. The van der Waals surface area contributed by atoms with E-state index in [2.05, 4.69) is 6.92 Å². The summed E-state index contributed by atoms with van der Waals surface area (Å²) in [5.41, 5.74) is 1.09. The number of hydrogen-bond donors (Lipinski definition) is 0. The first-order chi connectivity index (χ1) is 7.77. The van der Waals surface area contributed by atoms with E-state index in [1.54, 1.807) is 0 Å². The van der Waals surface area contributed by atoms with Crippen molar-refractivity contribution in [3.63, 3.8) is 0 Å². The molecule has 0 amide bonds. The fourth-order valence-electron chi connectivity index (χ4n) is 1.65. The second-order valence-corrected chi connectivity index (χ2v) is 3.93. The van der Waals surface area contributed by atoms with Crippen molar-refractivity contribution in [1.82, 2.24) is 0 Å².